The fourth-order valence-electron chi connectivity index (χ4n) is 3.13. The summed E-state index contributed by atoms with van der Waals surface area (Å²) in [5, 5.41) is 2.75. The van der Waals surface area contributed by atoms with Crippen molar-refractivity contribution in [2.24, 2.45) is 0 Å². The third kappa shape index (κ3) is 5.20. The number of amides is 1. The second-order valence-corrected chi connectivity index (χ2v) is 7.01. The van der Waals surface area contributed by atoms with Gasteiger partial charge in [-0.05, 0) is 19.2 Å². The van der Waals surface area contributed by atoms with E-state index >= 15 is 0 Å². The lowest BCUT2D eigenvalue weighted by Crippen LogP contribution is -2.44. The van der Waals surface area contributed by atoms with Crippen molar-refractivity contribution >= 4 is 11.7 Å². The molecular formula is C20H25N5O5. The van der Waals surface area contributed by atoms with E-state index in [0.717, 1.165) is 32.0 Å². The number of carbonyl (C=O) groups is 1. The van der Waals surface area contributed by atoms with E-state index < -0.39 is 0 Å². The predicted molar refractivity (Wildman–Crippen MR) is 108 cm³/mol. The van der Waals surface area contributed by atoms with Crippen LogP contribution in [0.1, 0.15) is 0 Å². The molecule has 1 aromatic carbocycles. The van der Waals surface area contributed by atoms with Crippen LogP contribution in [-0.4, -0.2) is 80.6 Å². The highest BCUT2D eigenvalue weighted by molar-refractivity contribution is 5.77. The maximum Gasteiger partial charge on any atom is 0.258 e. The smallest absolute Gasteiger partial charge is 0.258 e. The number of carbonyl (C=O) groups excluding carboxylic acids is 1. The van der Waals surface area contributed by atoms with Crippen LogP contribution < -0.4 is 29.2 Å². The number of hydrogen-bond acceptors (Lipinski definition) is 9. The summed E-state index contributed by atoms with van der Waals surface area (Å²) in [4.78, 5) is 24.9. The maximum absolute atomic E-state index is 12.0. The topological polar surface area (TPSA) is 98.3 Å². The molecule has 1 N–H and O–H groups in total. The predicted octanol–water partition coefficient (Wildman–Crippen LogP) is 0.531. The van der Waals surface area contributed by atoms with E-state index in [1.165, 1.54) is 6.33 Å². The lowest BCUT2D eigenvalue weighted by molar-refractivity contribution is -0.123. The first-order chi connectivity index (χ1) is 14.7. The zero-order valence-corrected chi connectivity index (χ0v) is 16.9. The summed E-state index contributed by atoms with van der Waals surface area (Å²) in [6, 6.07) is 7.01. The fourth-order valence-corrected chi connectivity index (χ4v) is 3.13. The summed E-state index contributed by atoms with van der Waals surface area (Å²) in [7, 11) is 2.11. The third-order valence-corrected chi connectivity index (χ3v) is 4.84. The summed E-state index contributed by atoms with van der Waals surface area (Å²) in [6.45, 7) is 4.59. The number of aromatic nitrogens is 2. The molecule has 10 heteroatoms. The molecule has 4 rings (SSSR count). The van der Waals surface area contributed by atoms with Crippen molar-refractivity contribution in [3.05, 3.63) is 30.6 Å². The molecule has 0 spiro atoms. The lowest BCUT2D eigenvalue weighted by atomic mass is 10.3. The van der Waals surface area contributed by atoms with Gasteiger partial charge in [-0.3, -0.25) is 4.79 Å². The highest BCUT2D eigenvalue weighted by Crippen LogP contribution is 2.35. The number of nitrogens with zero attached hydrogens (tertiary/aromatic N) is 4. The van der Waals surface area contributed by atoms with E-state index in [2.05, 4.69) is 32.1 Å². The molecule has 0 atom stereocenters. The molecule has 160 valence electrons. The number of rotatable bonds is 8. The van der Waals surface area contributed by atoms with Gasteiger partial charge in [-0.1, -0.05) is 0 Å². The first kappa shape index (κ1) is 20.0. The van der Waals surface area contributed by atoms with Gasteiger partial charge in [-0.2, -0.15) is 0 Å². The van der Waals surface area contributed by atoms with Crippen LogP contribution in [0, 0.1) is 0 Å². The zero-order chi connectivity index (χ0) is 20.8. The van der Waals surface area contributed by atoms with Crippen LogP contribution in [0.3, 0.4) is 0 Å². The minimum atomic E-state index is -0.239. The minimum Gasteiger partial charge on any atom is -0.484 e. The van der Waals surface area contributed by atoms with Crippen molar-refractivity contribution in [1.82, 2.24) is 20.2 Å². The van der Waals surface area contributed by atoms with Crippen LogP contribution in [0.25, 0.3) is 0 Å². The van der Waals surface area contributed by atoms with E-state index in [4.69, 9.17) is 18.9 Å². The molecular weight excluding hydrogens is 390 g/mol. The van der Waals surface area contributed by atoms with Crippen LogP contribution in [0.4, 0.5) is 5.82 Å². The summed E-state index contributed by atoms with van der Waals surface area (Å²) in [6.07, 6.45) is 1.50. The molecule has 1 saturated heterocycles. The fraction of sp³-hybridized carbons (Fsp3) is 0.450. The van der Waals surface area contributed by atoms with Crippen molar-refractivity contribution in [3.63, 3.8) is 0 Å². The zero-order valence-electron chi connectivity index (χ0n) is 16.9. The molecule has 1 amide bonds. The first-order valence-electron chi connectivity index (χ1n) is 9.85. The molecule has 0 unspecified atom stereocenters. The molecule has 1 fully saturated rings. The summed E-state index contributed by atoms with van der Waals surface area (Å²) >= 11 is 0. The van der Waals surface area contributed by atoms with Gasteiger partial charge >= 0.3 is 0 Å². The lowest BCUT2D eigenvalue weighted by Gasteiger charge is -2.33. The monoisotopic (exact) mass is 415 g/mol. The van der Waals surface area contributed by atoms with Gasteiger partial charge in [0.2, 0.25) is 12.7 Å². The van der Waals surface area contributed by atoms with Gasteiger partial charge in [-0.25, -0.2) is 9.97 Å². The van der Waals surface area contributed by atoms with Gasteiger partial charge in [-0.15, -0.1) is 0 Å². The molecule has 30 heavy (non-hydrogen) atoms. The normalized spacial score (nSPS) is 15.7. The van der Waals surface area contributed by atoms with Gasteiger partial charge < -0.3 is 34.1 Å². The van der Waals surface area contributed by atoms with Gasteiger partial charge in [0.15, 0.2) is 18.1 Å². The largest absolute Gasteiger partial charge is 0.484 e. The molecule has 10 nitrogen and oxygen atoms in total. The maximum atomic E-state index is 12.0. The number of hydrogen-bond donors (Lipinski definition) is 1. The molecule has 0 saturated carbocycles. The standard InChI is InChI=1S/C20H25N5O5/c1-24-5-7-25(8-6-24)18-11-20(23-13-22-18)27-9-4-21-19(26)12-28-15-2-3-16-17(10-15)30-14-29-16/h2-3,10-11,13H,4-9,12,14H2,1H3,(H,21,26). The van der Waals surface area contributed by atoms with E-state index in [0.29, 0.717) is 36.3 Å². The van der Waals surface area contributed by atoms with E-state index in [1.807, 2.05) is 6.07 Å². The van der Waals surface area contributed by atoms with Crippen LogP contribution in [0.2, 0.25) is 0 Å². The van der Waals surface area contributed by atoms with E-state index in [1.54, 1.807) is 18.2 Å². The summed E-state index contributed by atoms with van der Waals surface area (Å²) in [5.74, 6) is 2.94. The average Bonchev–Trinajstić information content (AvgIpc) is 3.24. The van der Waals surface area contributed by atoms with Gasteiger partial charge in [0.1, 0.15) is 24.5 Å². The van der Waals surface area contributed by atoms with Crippen molar-refractivity contribution in [2.45, 2.75) is 0 Å². The second-order valence-electron chi connectivity index (χ2n) is 7.01. The number of likely N-dealkylation sites (N-methyl/N-ethyl adjacent to an activating group) is 1. The average molecular weight is 415 g/mol. The van der Waals surface area contributed by atoms with Crippen LogP contribution in [-0.2, 0) is 4.79 Å². The Balaban J connectivity index is 1.16. The molecule has 2 aromatic rings. The Morgan fingerprint density at radius 3 is 2.80 bits per heavy atom. The molecule has 0 aliphatic carbocycles. The minimum absolute atomic E-state index is 0.0965. The van der Waals surface area contributed by atoms with Crippen molar-refractivity contribution in [2.75, 3.05) is 64.7 Å². The van der Waals surface area contributed by atoms with Crippen molar-refractivity contribution in [3.8, 4) is 23.1 Å². The van der Waals surface area contributed by atoms with Gasteiger partial charge in [0.25, 0.3) is 5.91 Å². The molecule has 0 bridgehead atoms. The van der Waals surface area contributed by atoms with Crippen LogP contribution >= 0.6 is 0 Å². The molecule has 2 aliphatic rings. The summed E-state index contributed by atoms with van der Waals surface area (Å²) < 4.78 is 21.7. The molecule has 1 aromatic heterocycles. The Kier molecular flexibility index (Phi) is 6.33. The van der Waals surface area contributed by atoms with E-state index in [-0.39, 0.29) is 19.3 Å². The number of benzene rings is 1. The van der Waals surface area contributed by atoms with E-state index in [9.17, 15) is 4.79 Å². The number of fused-ring (bicyclic) bond motifs is 1. The highest BCUT2D eigenvalue weighted by atomic mass is 16.7. The molecule has 2 aliphatic heterocycles. The Morgan fingerprint density at radius 1 is 1.10 bits per heavy atom. The Labute approximate surface area is 174 Å². The molecule has 3 heterocycles. The Hall–Kier alpha value is -3.27. The number of ether oxygens (including phenoxy) is 4. The van der Waals surface area contributed by atoms with Gasteiger partial charge in [0.05, 0.1) is 6.54 Å². The summed E-state index contributed by atoms with van der Waals surface area (Å²) in [5.41, 5.74) is 0. The Bertz CT molecular complexity index is 872. The molecule has 0 radical (unpaired) electrons. The Morgan fingerprint density at radius 2 is 1.93 bits per heavy atom. The SMILES string of the molecule is CN1CCN(c2cc(OCCNC(=O)COc3ccc4c(c3)OCO4)ncn2)CC1. The highest BCUT2D eigenvalue weighted by Gasteiger charge is 2.16. The van der Waals surface area contributed by atoms with Crippen molar-refractivity contribution < 1.29 is 23.7 Å². The van der Waals surface area contributed by atoms with Crippen LogP contribution in [0.5, 0.6) is 23.1 Å². The second kappa shape index (κ2) is 9.49. The number of nitrogens with one attached hydrogen (secondary N) is 1. The van der Waals surface area contributed by atoms with Gasteiger partial charge in [0, 0.05) is 38.3 Å². The van der Waals surface area contributed by atoms with Crippen molar-refractivity contribution in [1.29, 1.82) is 0 Å². The first-order valence-corrected chi connectivity index (χ1v) is 9.85. The quantitative estimate of drug-likeness (QED) is 0.619. The number of piperazine rings is 1. The van der Waals surface area contributed by atoms with Crippen LogP contribution in [0.15, 0.2) is 30.6 Å². The third-order valence-electron chi connectivity index (χ3n) is 4.84. The number of anilines is 1.